The van der Waals surface area contributed by atoms with E-state index in [1.165, 1.54) is 81.8 Å². The zero-order valence-corrected chi connectivity index (χ0v) is 12.4. The van der Waals surface area contributed by atoms with Crippen LogP contribution in [0.25, 0.3) is 0 Å². The van der Waals surface area contributed by atoms with Crippen LogP contribution in [-0.2, 0) is 6.42 Å². The summed E-state index contributed by atoms with van der Waals surface area (Å²) in [6.45, 7) is 4.48. The van der Waals surface area contributed by atoms with E-state index in [9.17, 15) is 0 Å². The van der Waals surface area contributed by atoms with Gasteiger partial charge in [0.05, 0.1) is 0 Å². The van der Waals surface area contributed by atoms with Gasteiger partial charge in [-0.05, 0) is 30.9 Å². The van der Waals surface area contributed by atoms with Crippen molar-refractivity contribution in [2.24, 2.45) is 0 Å². The van der Waals surface area contributed by atoms with Crippen LogP contribution < -0.4 is 0 Å². The molecular formula is C17H31N. The Morgan fingerprint density at radius 3 is 1.83 bits per heavy atom. The van der Waals surface area contributed by atoms with Crippen molar-refractivity contribution in [3.63, 3.8) is 0 Å². The van der Waals surface area contributed by atoms with Crippen LogP contribution in [0.2, 0.25) is 0 Å². The van der Waals surface area contributed by atoms with Crippen LogP contribution in [0.4, 0.5) is 0 Å². The number of hydrogen-bond acceptors (Lipinski definition) is 0. The summed E-state index contributed by atoms with van der Waals surface area (Å²) in [5, 5.41) is 0. The van der Waals surface area contributed by atoms with Crippen molar-refractivity contribution >= 4 is 0 Å². The third-order valence-corrected chi connectivity index (χ3v) is 3.86. The fraction of sp³-hybridized carbons (Fsp3) is 0.765. The number of hydrogen-bond donors (Lipinski definition) is 1. The van der Waals surface area contributed by atoms with Gasteiger partial charge in [0, 0.05) is 12.4 Å². The van der Waals surface area contributed by atoms with Crippen LogP contribution >= 0.6 is 0 Å². The topological polar surface area (TPSA) is 15.8 Å². The van der Waals surface area contributed by atoms with Crippen molar-refractivity contribution in [3.05, 3.63) is 23.5 Å². The van der Waals surface area contributed by atoms with Crippen molar-refractivity contribution in [3.8, 4) is 0 Å². The summed E-state index contributed by atoms with van der Waals surface area (Å²) in [7, 11) is 0. The van der Waals surface area contributed by atoms with Gasteiger partial charge in [-0.3, -0.25) is 0 Å². The first kappa shape index (κ1) is 15.3. The summed E-state index contributed by atoms with van der Waals surface area (Å²) < 4.78 is 0. The molecule has 1 rings (SSSR count). The molecule has 0 aromatic carbocycles. The number of rotatable bonds is 11. The van der Waals surface area contributed by atoms with E-state index in [1.807, 2.05) is 0 Å². The molecule has 1 heteroatoms. The van der Waals surface area contributed by atoms with E-state index in [0.29, 0.717) is 0 Å². The lowest BCUT2D eigenvalue weighted by atomic mass is 10.0. The van der Waals surface area contributed by atoms with Crippen molar-refractivity contribution in [1.82, 2.24) is 4.98 Å². The minimum absolute atomic E-state index is 1.26. The second kappa shape index (κ2) is 10.2. The van der Waals surface area contributed by atoms with Gasteiger partial charge < -0.3 is 4.98 Å². The van der Waals surface area contributed by atoms with Crippen LogP contribution in [0, 0.1) is 6.92 Å². The third kappa shape index (κ3) is 6.88. The molecule has 0 atom stereocenters. The Kier molecular flexibility index (Phi) is 8.71. The lowest BCUT2D eigenvalue weighted by Gasteiger charge is -2.02. The van der Waals surface area contributed by atoms with E-state index >= 15 is 0 Å². The van der Waals surface area contributed by atoms with Crippen LogP contribution in [0.5, 0.6) is 0 Å². The van der Waals surface area contributed by atoms with Crippen LogP contribution in [0.3, 0.4) is 0 Å². The molecule has 1 N–H and O–H groups in total. The predicted molar refractivity (Wildman–Crippen MR) is 81.1 cm³/mol. The van der Waals surface area contributed by atoms with Crippen LogP contribution in [0.15, 0.2) is 12.4 Å². The molecule has 0 spiro atoms. The summed E-state index contributed by atoms with van der Waals surface area (Å²) in [5.74, 6) is 0. The number of aromatic nitrogens is 1. The van der Waals surface area contributed by atoms with Gasteiger partial charge in [-0.2, -0.15) is 0 Å². The van der Waals surface area contributed by atoms with E-state index in [1.54, 1.807) is 0 Å². The third-order valence-electron chi connectivity index (χ3n) is 3.86. The Morgan fingerprint density at radius 1 is 0.778 bits per heavy atom. The Hall–Kier alpha value is -0.720. The second-order valence-electron chi connectivity index (χ2n) is 5.60. The molecule has 0 bridgehead atoms. The SMILES string of the molecule is CCCCCCCCCCCCc1c[nH]cc1C. The first-order chi connectivity index (χ1) is 8.84. The first-order valence-corrected chi connectivity index (χ1v) is 7.97. The van der Waals surface area contributed by atoms with Gasteiger partial charge in [0.1, 0.15) is 0 Å². The standard InChI is InChI=1S/C17H31N/c1-3-4-5-6-7-8-9-10-11-12-13-17-15-18-14-16(17)2/h14-15,18H,3-13H2,1-2H3. The zero-order chi connectivity index (χ0) is 13.1. The molecule has 0 fully saturated rings. The minimum atomic E-state index is 1.26. The van der Waals surface area contributed by atoms with E-state index < -0.39 is 0 Å². The number of aryl methyl sites for hydroxylation is 2. The van der Waals surface area contributed by atoms with Crippen molar-refractivity contribution in [2.45, 2.75) is 84.5 Å². The average molecular weight is 249 g/mol. The van der Waals surface area contributed by atoms with Gasteiger partial charge in [-0.1, -0.05) is 64.7 Å². The Labute approximate surface area is 113 Å². The number of nitrogens with one attached hydrogen (secondary N) is 1. The summed E-state index contributed by atoms with van der Waals surface area (Å²) in [4.78, 5) is 3.18. The van der Waals surface area contributed by atoms with Gasteiger partial charge in [-0.25, -0.2) is 0 Å². The number of aromatic amines is 1. The molecule has 0 radical (unpaired) electrons. The molecule has 0 saturated carbocycles. The predicted octanol–water partition coefficient (Wildman–Crippen LogP) is 5.79. The summed E-state index contributed by atoms with van der Waals surface area (Å²) in [6, 6.07) is 0. The van der Waals surface area contributed by atoms with Crippen LogP contribution in [0.1, 0.15) is 82.3 Å². The molecule has 1 heterocycles. The molecule has 0 aliphatic heterocycles. The Balaban J connectivity index is 1.83. The zero-order valence-electron chi connectivity index (χ0n) is 12.4. The molecule has 104 valence electrons. The molecule has 0 unspecified atom stereocenters. The van der Waals surface area contributed by atoms with Crippen molar-refractivity contribution < 1.29 is 0 Å². The highest BCUT2D eigenvalue weighted by molar-refractivity contribution is 5.21. The summed E-state index contributed by atoms with van der Waals surface area (Å²) in [5.41, 5.74) is 2.93. The first-order valence-electron chi connectivity index (χ1n) is 7.97. The van der Waals surface area contributed by atoms with Gasteiger partial charge in [0.2, 0.25) is 0 Å². The highest BCUT2D eigenvalue weighted by Gasteiger charge is 1.98. The van der Waals surface area contributed by atoms with E-state index in [0.717, 1.165) is 0 Å². The van der Waals surface area contributed by atoms with Gasteiger partial charge in [-0.15, -0.1) is 0 Å². The molecule has 0 saturated heterocycles. The smallest absolute Gasteiger partial charge is 0.00400 e. The van der Waals surface area contributed by atoms with Gasteiger partial charge >= 0.3 is 0 Å². The normalized spacial score (nSPS) is 11.0. The largest absolute Gasteiger partial charge is 0.367 e. The van der Waals surface area contributed by atoms with Gasteiger partial charge in [0.25, 0.3) is 0 Å². The Bertz CT molecular complexity index is 288. The lowest BCUT2D eigenvalue weighted by Crippen LogP contribution is -1.86. The van der Waals surface area contributed by atoms with Crippen LogP contribution in [-0.4, -0.2) is 4.98 Å². The highest BCUT2D eigenvalue weighted by Crippen LogP contribution is 2.13. The fourth-order valence-electron chi connectivity index (χ4n) is 2.55. The monoisotopic (exact) mass is 249 g/mol. The molecule has 0 aliphatic rings. The minimum Gasteiger partial charge on any atom is -0.367 e. The average Bonchev–Trinajstić information content (AvgIpc) is 2.77. The van der Waals surface area contributed by atoms with Gasteiger partial charge in [0.15, 0.2) is 0 Å². The summed E-state index contributed by atoms with van der Waals surface area (Å²) >= 11 is 0. The molecule has 18 heavy (non-hydrogen) atoms. The quantitative estimate of drug-likeness (QED) is 0.478. The maximum Gasteiger partial charge on any atom is 0.00400 e. The molecular weight excluding hydrogens is 218 g/mol. The lowest BCUT2D eigenvalue weighted by molar-refractivity contribution is 0.556. The molecule has 1 nitrogen and oxygen atoms in total. The molecule has 1 aromatic heterocycles. The molecule has 0 aliphatic carbocycles. The highest BCUT2D eigenvalue weighted by atomic mass is 14.6. The summed E-state index contributed by atoms with van der Waals surface area (Å²) in [6.07, 6.45) is 19.7. The number of unbranched alkanes of at least 4 members (excludes halogenated alkanes) is 9. The number of H-pyrrole nitrogens is 1. The molecule has 0 amide bonds. The Morgan fingerprint density at radius 2 is 1.33 bits per heavy atom. The maximum absolute atomic E-state index is 3.18. The van der Waals surface area contributed by atoms with E-state index in [2.05, 4.69) is 31.2 Å². The molecule has 1 aromatic rings. The van der Waals surface area contributed by atoms with Crippen molar-refractivity contribution in [2.75, 3.05) is 0 Å². The fourth-order valence-corrected chi connectivity index (χ4v) is 2.55. The van der Waals surface area contributed by atoms with Crippen molar-refractivity contribution in [1.29, 1.82) is 0 Å². The second-order valence-corrected chi connectivity index (χ2v) is 5.60. The van der Waals surface area contributed by atoms with E-state index in [4.69, 9.17) is 0 Å². The maximum atomic E-state index is 3.18. The van der Waals surface area contributed by atoms with E-state index in [-0.39, 0.29) is 0 Å².